The minimum absolute atomic E-state index is 0.0442. The predicted molar refractivity (Wildman–Crippen MR) is 124 cm³/mol. The molecule has 4 rings (SSSR count). The lowest BCUT2D eigenvalue weighted by Crippen LogP contribution is -2.50. The molecule has 0 heterocycles. The van der Waals surface area contributed by atoms with Crippen LogP contribution in [0.4, 0.5) is 4.79 Å². The normalized spacial score (nSPS) is 38.5. The molecule has 0 unspecified atom stereocenters. The number of rotatable bonds is 4. The van der Waals surface area contributed by atoms with Crippen molar-refractivity contribution < 1.29 is 19.1 Å². The molecule has 6 heteroatoms. The summed E-state index contributed by atoms with van der Waals surface area (Å²) in [5.41, 5.74) is 6.54. The molecule has 4 aliphatic carbocycles. The van der Waals surface area contributed by atoms with Crippen molar-refractivity contribution in [2.75, 3.05) is 6.61 Å². The van der Waals surface area contributed by atoms with E-state index in [-0.39, 0.29) is 22.9 Å². The third-order valence-electron chi connectivity index (χ3n) is 8.95. The molecule has 1 N–H and O–H groups in total. The summed E-state index contributed by atoms with van der Waals surface area (Å²) in [5.74, 6) is 1.78. The molecule has 0 aromatic heterocycles. The van der Waals surface area contributed by atoms with Gasteiger partial charge in [-0.2, -0.15) is 5.10 Å². The summed E-state index contributed by atoms with van der Waals surface area (Å²) < 4.78 is 10.5. The van der Waals surface area contributed by atoms with Gasteiger partial charge >= 0.3 is 12.1 Å². The summed E-state index contributed by atoms with van der Waals surface area (Å²) in [6, 6.07) is 0. The molecule has 0 aliphatic heterocycles. The van der Waals surface area contributed by atoms with Crippen LogP contribution >= 0.6 is 0 Å². The molecule has 1 amide bonds. The topological polar surface area (TPSA) is 77.0 Å². The maximum absolute atomic E-state index is 11.7. The Balaban J connectivity index is 1.51. The molecule has 176 valence electrons. The number of nitrogens with one attached hydrogen (secondary N) is 1. The third kappa shape index (κ3) is 3.90. The van der Waals surface area contributed by atoms with E-state index in [2.05, 4.69) is 36.5 Å². The van der Waals surface area contributed by atoms with E-state index in [0.717, 1.165) is 44.2 Å². The van der Waals surface area contributed by atoms with E-state index < -0.39 is 6.09 Å². The number of hydrogen-bond donors (Lipinski definition) is 1. The number of amides is 1. The monoisotopic (exact) mass is 442 g/mol. The van der Waals surface area contributed by atoms with Gasteiger partial charge in [0, 0.05) is 13.3 Å². The fourth-order valence-electron chi connectivity index (χ4n) is 7.44. The van der Waals surface area contributed by atoms with E-state index in [1.807, 2.05) is 6.92 Å². The van der Waals surface area contributed by atoms with Gasteiger partial charge in [-0.25, -0.2) is 10.2 Å². The lowest BCUT2D eigenvalue weighted by Gasteiger charge is -2.57. The highest BCUT2D eigenvalue weighted by Crippen LogP contribution is 2.65. The molecule has 0 bridgehead atoms. The highest BCUT2D eigenvalue weighted by molar-refractivity contribution is 6.00. The summed E-state index contributed by atoms with van der Waals surface area (Å²) in [5, 5.41) is 4.35. The van der Waals surface area contributed by atoms with Crippen LogP contribution in [-0.4, -0.2) is 30.5 Å². The maximum Gasteiger partial charge on any atom is 0.427 e. The van der Waals surface area contributed by atoms with Gasteiger partial charge in [0.05, 0.1) is 12.3 Å². The summed E-state index contributed by atoms with van der Waals surface area (Å²) in [6.45, 7) is 10.5. The van der Waals surface area contributed by atoms with E-state index in [0.29, 0.717) is 24.4 Å². The number of nitrogens with zero attached hydrogens (tertiary/aromatic N) is 1. The second kappa shape index (κ2) is 8.68. The fraction of sp³-hybridized carbons (Fsp3) is 0.731. The molecular weight excluding hydrogens is 404 g/mol. The van der Waals surface area contributed by atoms with Gasteiger partial charge < -0.3 is 9.47 Å². The van der Waals surface area contributed by atoms with Crippen LogP contribution in [0, 0.1) is 28.6 Å². The number of hydrazone groups is 1. The minimum Gasteiger partial charge on any atom is -0.462 e. The van der Waals surface area contributed by atoms with Crippen molar-refractivity contribution >= 4 is 17.8 Å². The van der Waals surface area contributed by atoms with Crippen LogP contribution in [0.3, 0.4) is 0 Å². The van der Waals surface area contributed by atoms with Crippen molar-refractivity contribution in [2.45, 2.75) is 85.7 Å². The van der Waals surface area contributed by atoms with Gasteiger partial charge in [-0.3, -0.25) is 4.79 Å². The summed E-state index contributed by atoms with van der Waals surface area (Å²) in [7, 11) is 0. The standard InChI is InChI=1S/C26H38N2O4/c1-6-31-24(30)28-27-16(2)21-9-10-22-20-8-7-18-15-19(32-17(3)29)11-13-25(18,4)23(20)12-14-26(21,22)5/h7,9,19-20,22-23H,6,8,10-15H2,1-5H3,(H,28,30)/b27-16+/t19-,20-,22+,23-,25-,26+/m0/s1. The Morgan fingerprint density at radius 1 is 1.09 bits per heavy atom. The molecule has 2 fully saturated rings. The van der Waals surface area contributed by atoms with Gasteiger partial charge in [0.2, 0.25) is 0 Å². The van der Waals surface area contributed by atoms with E-state index in [9.17, 15) is 9.59 Å². The Labute approximate surface area is 191 Å². The smallest absolute Gasteiger partial charge is 0.427 e. The SMILES string of the molecule is CCOC(=O)N/N=C(\C)C1=CC[C@@H]2[C@@H]3CC=C4C[C@@H](OC(C)=O)CC[C@]4(C)[C@H]3CC[C@]12C. The number of carbonyl (C=O) groups is 2. The average Bonchev–Trinajstić information content (AvgIpc) is 3.09. The molecule has 32 heavy (non-hydrogen) atoms. The van der Waals surface area contributed by atoms with E-state index in [1.165, 1.54) is 24.5 Å². The van der Waals surface area contributed by atoms with E-state index in [4.69, 9.17) is 9.47 Å². The number of fused-ring (bicyclic) bond motifs is 5. The van der Waals surface area contributed by atoms with Crippen LogP contribution < -0.4 is 5.43 Å². The van der Waals surface area contributed by atoms with Crippen molar-refractivity contribution in [3.63, 3.8) is 0 Å². The van der Waals surface area contributed by atoms with Gasteiger partial charge in [-0.05, 0) is 86.5 Å². The van der Waals surface area contributed by atoms with Crippen molar-refractivity contribution in [3.05, 3.63) is 23.3 Å². The molecule has 4 aliphatic rings. The van der Waals surface area contributed by atoms with E-state index in [1.54, 1.807) is 6.92 Å². The lowest BCUT2D eigenvalue weighted by molar-refractivity contribution is -0.148. The van der Waals surface area contributed by atoms with Crippen molar-refractivity contribution in [2.24, 2.45) is 33.7 Å². The Morgan fingerprint density at radius 2 is 1.84 bits per heavy atom. The first-order valence-electron chi connectivity index (χ1n) is 12.2. The minimum atomic E-state index is -0.502. The van der Waals surface area contributed by atoms with E-state index >= 15 is 0 Å². The first-order valence-corrected chi connectivity index (χ1v) is 12.2. The molecule has 2 saturated carbocycles. The molecule has 0 aromatic carbocycles. The van der Waals surface area contributed by atoms with Crippen LogP contribution in [0.15, 0.2) is 28.4 Å². The van der Waals surface area contributed by atoms with Crippen LogP contribution in [-0.2, 0) is 14.3 Å². The number of allylic oxidation sites excluding steroid dienone is 3. The lowest BCUT2D eigenvalue weighted by atomic mass is 9.47. The van der Waals surface area contributed by atoms with Crippen LogP contribution in [0.2, 0.25) is 0 Å². The first-order chi connectivity index (χ1) is 15.2. The van der Waals surface area contributed by atoms with Gasteiger partial charge in [0.15, 0.2) is 0 Å². The zero-order valence-corrected chi connectivity index (χ0v) is 20.2. The quantitative estimate of drug-likeness (QED) is 0.268. The largest absolute Gasteiger partial charge is 0.462 e. The summed E-state index contributed by atoms with van der Waals surface area (Å²) in [4.78, 5) is 23.1. The summed E-state index contributed by atoms with van der Waals surface area (Å²) >= 11 is 0. The Morgan fingerprint density at radius 3 is 2.56 bits per heavy atom. The number of hydrogen-bond acceptors (Lipinski definition) is 5. The third-order valence-corrected chi connectivity index (χ3v) is 8.95. The van der Waals surface area contributed by atoms with Crippen molar-refractivity contribution in [1.82, 2.24) is 5.43 Å². The number of ether oxygens (including phenoxy) is 2. The Bertz CT molecular complexity index is 875. The van der Waals surface area contributed by atoms with Crippen LogP contribution in [0.25, 0.3) is 0 Å². The van der Waals surface area contributed by atoms with Crippen LogP contribution in [0.1, 0.15) is 79.6 Å². The number of esters is 1. The fourth-order valence-corrected chi connectivity index (χ4v) is 7.44. The van der Waals surface area contributed by atoms with Crippen molar-refractivity contribution in [1.29, 1.82) is 0 Å². The second-order valence-corrected chi connectivity index (χ2v) is 10.6. The van der Waals surface area contributed by atoms with Crippen molar-refractivity contribution in [3.8, 4) is 0 Å². The molecule has 0 spiro atoms. The van der Waals surface area contributed by atoms with Crippen LogP contribution in [0.5, 0.6) is 0 Å². The first kappa shape index (κ1) is 23.1. The Kier molecular flexibility index (Phi) is 6.25. The highest BCUT2D eigenvalue weighted by Gasteiger charge is 2.57. The Hall–Kier alpha value is -2.11. The zero-order chi connectivity index (χ0) is 23.1. The van der Waals surface area contributed by atoms with Gasteiger partial charge in [-0.1, -0.05) is 31.6 Å². The van der Waals surface area contributed by atoms with Gasteiger partial charge in [-0.15, -0.1) is 0 Å². The zero-order valence-electron chi connectivity index (χ0n) is 20.2. The van der Waals surface area contributed by atoms with Gasteiger partial charge in [0.1, 0.15) is 6.10 Å². The average molecular weight is 443 g/mol. The molecule has 6 atom stereocenters. The molecule has 0 radical (unpaired) electrons. The number of carbonyl (C=O) groups excluding carboxylic acids is 2. The molecule has 6 nitrogen and oxygen atoms in total. The molecule has 0 saturated heterocycles. The predicted octanol–water partition coefficient (Wildman–Crippen LogP) is 5.54. The summed E-state index contributed by atoms with van der Waals surface area (Å²) in [6.07, 6.45) is 11.9. The van der Waals surface area contributed by atoms with Gasteiger partial charge in [0.25, 0.3) is 0 Å². The maximum atomic E-state index is 11.7. The highest BCUT2D eigenvalue weighted by atomic mass is 16.6. The second-order valence-electron chi connectivity index (χ2n) is 10.6. The molecule has 0 aromatic rings. The molecular formula is C26H38N2O4.